The van der Waals surface area contributed by atoms with Gasteiger partial charge in [0, 0.05) is 9.34 Å². The predicted octanol–water partition coefficient (Wildman–Crippen LogP) is 7.41. The van der Waals surface area contributed by atoms with Crippen LogP contribution in [0.15, 0.2) is 83.0 Å². The third-order valence-electron chi connectivity index (χ3n) is 6.28. The summed E-state index contributed by atoms with van der Waals surface area (Å²) in [6.45, 7) is 4.82. The topological polar surface area (TPSA) is 0 Å². The van der Waals surface area contributed by atoms with Gasteiger partial charge in [-0.3, -0.25) is 0 Å². The Morgan fingerprint density at radius 1 is 1.00 bits per heavy atom. The van der Waals surface area contributed by atoms with Gasteiger partial charge >= 0.3 is 0 Å². The Morgan fingerprint density at radius 3 is 2.69 bits per heavy atom. The average Bonchev–Trinajstić information content (AvgIpc) is 2.88. The van der Waals surface area contributed by atoms with Crippen LogP contribution in [-0.2, 0) is 0 Å². The van der Waals surface area contributed by atoms with E-state index in [0.29, 0.717) is 3.92 Å². The van der Waals surface area contributed by atoms with E-state index in [1.54, 1.807) is 22.3 Å². The van der Waals surface area contributed by atoms with Crippen molar-refractivity contribution in [3.63, 3.8) is 0 Å². The minimum Gasteiger partial charge on any atom is -0.0777 e. The molecule has 0 aliphatic heterocycles. The molecule has 0 amide bonds. The van der Waals surface area contributed by atoms with Crippen molar-refractivity contribution in [2.24, 2.45) is 5.41 Å². The summed E-state index contributed by atoms with van der Waals surface area (Å²) in [5.41, 5.74) is 9.30. The van der Waals surface area contributed by atoms with Crippen LogP contribution in [0.25, 0.3) is 16.3 Å². The lowest BCUT2D eigenvalue weighted by atomic mass is 9.77. The molecule has 2 aromatic carbocycles. The van der Waals surface area contributed by atoms with Crippen LogP contribution in [0.1, 0.15) is 38.7 Å². The van der Waals surface area contributed by atoms with Gasteiger partial charge in [-0.1, -0.05) is 97.1 Å². The molecular weight excluding hydrogens is 427 g/mol. The van der Waals surface area contributed by atoms with Gasteiger partial charge in [-0.25, -0.2) is 0 Å². The summed E-state index contributed by atoms with van der Waals surface area (Å²) in [5.74, 6) is 0. The lowest BCUT2D eigenvalue weighted by Crippen LogP contribution is -2.16. The van der Waals surface area contributed by atoms with E-state index in [2.05, 4.69) is 97.1 Å². The van der Waals surface area contributed by atoms with E-state index in [1.165, 1.54) is 34.8 Å². The van der Waals surface area contributed by atoms with Gasteiger partial charge in [0.25, 0.3) is 0 Å². The number of rotatable bonds is 1. The molecule has 1 atom stereocenters. The Hall–Kier alpha value is -1.61. The molecule has 0 saturated carbocycles. The third-order valence-corrected chi connectivity index (χ3v) is 7.15. The molecule has 3 aliphatic carbocycles. The highest BCUT2D eigenvalue weighted by molar-refractivity contribution is 14.1. The second kappa shape index (κ2) is 5.95. The fourth-order valence-electron chi connectivity index (χ4n) is 4.94. The molecule has 2 aromatic rings. The maximum Gasteiger partial charge on any atom is 0.0330 e. The maximum absolute atomic E-state index is 2.57. The Kier molecular flexibility index (Phi) is 3.79. The van der Waals surface area contributed by atoms with Gasteiger partial charge in [0.1, 0.15) is 0 Å². The molecule has 0 heterocycles. The number of alkyl halides is 1. The first kappa shape index (κ1) is 16.6. The molecular formula is C25H23I. The summed E-state index contributed by atoms with van der Waals surface area (Å²) >= 11 is 2.57. The van der Waals surface area contributed by atoms with Gasteiger partial charge in [-0.05, 0) is 63.5 Å². The largest absolute Gasteiger partial charge is 0.0777 e. The van der Waals surface area contributed by atoms with E-state index in [0.717, 1.165) is 6.42 Å². The van der Waals surface area contributed by atoms with Gasteiger partial charge < -0.3 is 0 Å². The third kappa shape index (κ3) is 2.40. The van der Waals surface area contributed by atoms with Crippen LogP contribution in [0, 0.1) is 5.41 Å². The van der Waals surface area contributed by atoms with E-state index in [-0.39, 0.29) is 5.41 Å². The minimum atomic E-state index is 0.126. The summed E-state index contributed by atoms with van der Waals surface area (Å²) in [4.78, 5) is 0. The number of hydrogen-bond acceptors (Lipinski definition) is 0. The first-order chi connectivity index (χ1) is 12.6. The van der Waals surface area contributed by atoms with Crippen LogP contribution in [0.5, 0.6) is 0 Å². The maximum atomic E-state index is 2.57. The lowest BCUT2D eigenvalue weighted by molar-refractivity contribution is 0.572. The summed E-state index contributed by atoms with van der Waals surface area (Å²) in [7, 11) is 0. The smallest absolute Gasteiger partial charge is 0.0330 e. The summed E-state index contributed by atoms with van der Waals surface area (Å²) in [5, 5.41) is 2.72. The number of allylic oxidation sites excluding steroid dienone is 8. The normalized spacial score (nSPS) is 24.0. The molecule has 0 aromatic heterocycles. The van der Waals surface area contributed by atoms with Crippen molar-refractivity contribution in [2.45, 2.75) is 37.0 Å². The van der Waals surface area contributed by atoms with Crippen molar-refractivity contribution >= 4 is 38.9 Å². The molecule has 0 nitrogen and oxygen atoms in total. The Balaban J connectivity index is 1.67. The van der Waals surface area contributed by atoms with Gasteiger partial charge in [0.05, 0.1) is 0 Å². The van der Waals surface area contributed by atoms with Crippen molar-refractivity contribution in [2.75, 3.05) is 0 Å². The standard InChI is InChI=1S/C25H23I/c1-25(2)23-14-17(20-9-5-7-16-6-3-4-8-19(16)20)10-12-21(23)22-13-11-18(26)15-24(22)25/h3-9,13-15,18H,10-12H2,1-2H3. The van der Waals surface area contributed by atoms with Crippen LogP contribution in [-0.4, -0.2) is 3.92 Å². The Bertz CT molecular complexity index is 1040. The zero-order chi connectivity index (χ0) is 17.9. The highest BCUT2D eigenvalue weighted by atomic mass is 127. The van der Waals surface area contributed by atoms with Crippen molar-refractivity contribution in [3.8, 4) is 0 Å². The number of benzene rings is 2. The molecule has 1 heteroatoms. The quantitative estimate of drug-likeness (QED) is 0.313. The number of hydrogen-bond donors (Lipinski definition) is 0. The van der Waals surface area contributed by atoms with Crippen molar-refractivity contribution < 1.29 is 0 Å². The molecule has 1 unspecified atom stereocenters. The Labute approximate surface area is 169 Å². The zero-order valence-electron chi connectivity index (χ0n) is 15.4. The van der Waals surface area contributed by atoms with Crippen molar-refractivity contribution in [1.82, 2.24) is 0 Å². The highest BCUT2D eigenvalue weighted by Crippen LogP contribution is 2.56. The first-order valence-corrected chi connectivity index (χ1v) is 10.8. The second-order valence-electron chi connectivity index (χ2n) is 8.16. The second-order valence-corrected chi connectivity index (χ2v) is 9.76. The number of fused-ring (bicyclic) bond motifs is 3. The molecule has 130 valence electrons. The minimum absolute atomic E-state index is 0.126. The van der Waals surface area contributed by atoms with E-state index >= 15 is 0 Å². The fourth-order valence-corrected chi connectivity index (χ4v) is 5.55. The van der Waals surface area contributed by atoms with E-state index in [1.807, 2.05) is 0 Å². The van der Waals surface area contributed by atoms with Crippen LogP contribution < -0.4 is 0 Å². The van der Waals surface area contributed by atoms with E-state index in [9.17, 15) is 0 Å². The van der Waals surface area contributed by atoms with Crippen LogP contribution in [0.3, 0.4) is 0 Å². The predicted molar refractivity (Wildman–Crippen MR) is 121 cm³/mol. The summed E-state index contributed by atoms with van der Waals surface area (Å²) in [6, 6.07) is 15.5. The SMILES string of the molecule is CC1(C)C2=CC(I)CC=C2C2=C1C=C(c1cccc3ccccc13)CC2. The molecule has 0 radical (unpaired) electrons. The van der Waals surface area contributed by atoms with Gasteiger partial charge in [-0.2, -0.15) is 0 Å². The highest BCUT2D eigenvalue weighted by Gasteiger charge is 2.41. The summed E-state index contributed by atoms with van der Waals surface area (Å²) < 4.78 is 0.633. The monoisotopic (exact) mass is 450 g/mol. The molecule has 0 saturated heterocycles. The number of halogens is 1. The molecule has 0 N–H and O–H groups in total. The fraction of sp³-hybridized carbons (Fsp3) is 0.280. The molecule has 3 aliphatic rings. The molecule has 26 heavy (non-hydrogen) atoms. The summed E-state index contributed by atoms with van der Waals surface area (Å²) in [6.07, 6.45) is 11.0. The zero-order valence-corrected chi connectivity index (χ0v) is 17.5. The van der Waals surface area contributed by atoms with Gasteiger partial charge in [-0.15, -0.1) is 0 Å². The van der Waals surface area contributed by atoms with E-state index in [4.69, 9.17) is 0 Å². The molecule has 0 spiro atoms. The van der Waals surface area contributed by atoms with Crippen LogP contribution >= 0.6 is 22.6 Å². The Morgan fingerprint density at radius 2 is 1.81 bits per heavy atom. The van der Waals surface area contributed by atoms with Crippen molar-refractivity contribution in [1.29, 1.82) is 0 Å². The van der Waals surface area contributed by atoms with Gasteiger partial charge in [0.2, 0.25) is 0 Å². The van der Waals surface area contributed by atoms with Crippen LogP contribution in [0.4, 0.5) is 0 Å². The molecule has 0 bridgehead atoms. The average molecular weight is 450 g/mol. The lowest BCUT2D eigenvalue weighted by Gasteiger charge is -2.27. The van der Waals surface area contributed by atoms with Gasteiger partial charge in [0.15, 0.2) is 0 Å². The van der Waals surface area contributed by atoms with Crippen molar-refractivity contribution in [3.05, 3.63) is 88.5 Å². The molecule has 5 rings (SSSR count). The first-order valence-electron chi connectivity index (χ1n) is 9.55. The van der Waals surface area contributed by atoms with Crippen LogP contribution in [0.2, 0.25) is 0 Å². The van der Waals surface area contributed by atoms with E-state index < -0.39 is 0 Å². The molecule has 0 fully saturated rings.